The van der Waals surface area contributed by atoms with Gasteiger partial charge in [0, 0.05) is 31.1 Å². The molecular formula is C17H25N3O2S. The number of thiophene rings is 1. The average molecular weight is 335 g/mol. The summed E-state index contributed by atoms with van der Waals surface area (Å²) in [5, 5.41) is 4.88. The van der Waals surface area contributed by atoms with Crippen molar-refractivity contribution in [3.8, 4) is 0 Å². The quantitative estimate of drug-likeness (QED) is 0.923. The fourth-order valence-corrected chi connectivity index (χ4v) is 4.37. The van der Waals surface area contributed by atoms with E-state index in [2.05, 4.69) is 16.8 Å². The topological polar surface area (TPSA) is 52.7 Å². The van der Waals surface area contributed by atoms with Gasteiger partial charge in [0.15, 0.2) is 0 Å². The molecule has 2 heterocycles. The summed E-state index contributed by atoms with van der Waals surface area (Å²) in [7, 11) is 1.84. The zero-order chi connectivity index (χ0) is 16.2. The maximum absolute atomic E-state index is 12.3. The molecule has 0 aromatic carbocycles. The lowest BCUT2D eigenvalue weighted by Gasteiger charge is -2.32. The minimum absolute atomic E-state index is 0.00671. The Morgan fingerprint density at radius 1 is 1.35 bits per heavy atom. The fraction of sp³-hybridized carbons (Fsp3) is 0.647. The zero-order valence-corrected chi connectivity index (χ0v) is 14.5. The molecule has 2 aliphatic rings. The Hall–Kier alpha value is -1.56. The monoisotopic (exact) mass is 335 g/mol. The first kappa shape index (κ1) is 16.3. The third-order valence-electron chi connectivity index (χ3n) is 4.99. The summed E-state index contributed by atoms with van der Waals surface area (Å²) in [5.74, 6) is 0.00671. The van der Waals surface area contributed by atoms with Crippen LogP contribution in [0.3, 0.4) is 0 Å². The van der Waals surface area contributed by atoms with E-state index in [1.807, 2.05) is 11.9 Å². The van der Waals surface area contributed by atoms with Crippen LogP contribution in [0, 0.1) is 0 Å². The number of fused-ring (bicyclic) bond motifs is 1. The van der Waals surface area contributed by atoms with Crippen LogP contribution >= 0.6 is 11.3 Å². The average Bonchev–Trinajstić information content (AvgIpc) is 3.07. The summed E-state index contributed by atoms with van der Waals surface area (Å²) in [6, 6.07) is 2.29. The fourth-order valence-electron chi connectivity index (χ4n) is 3.48. The standard InChI is InChI=1S/C17H25N3O2S/c1-19(14-5-3-2-4-6-14)17(22)18-11-16(21)20-9-7-15-13(12-20)8-10-23-15/h8,10,14H,2-7,9,11-12H2,1H3,(H,18,22). The van der Waals surface area contributed by atoms with Crippen LogP contribution in [0.1, 0.15) is 42.5 Å². The lowest BCUT2D eigenvalue weighted by Crippen LogP contribution is -2.48. The Morgan fingerprint density at radius 2 is 2.13 bits per heavy atom. The highest BCUT2D eigenvalue weighted by Gasteiger charge is 2.24. The van der Waals surface area contributed by atoms with Gasteiger partial charge in [-0.05, 0) is 36.3 Å². The van der Waals surface area contributed by atoms with E-state index >= 15 is 0 Å². The minimum Gasteiger partial charge on any atom is -0.336 e. The highest BCUT2D eigenvalue weighted by molar-refractivity contribution is 7.10. The Kier molecular flexibility index (Phi) is 5.20. The number of hydrogen-bond donors (Lipinski definition) is 1. The second-order valence-electron chi connectivity index (χ2n) is 6.50. The number of hydrogen-bond acceptors (Lipinski definition) is 3. The maximum atomic E-state index is 12.3. The van der Waals surface area contributed by atoms with Crippen molar-refractivity contribution in [2.24, 2.45) is 0 Å². The number of carbonyl (C=O) groups excluding carboxylic acids is 2. The third kappa shape index (κ3) is 3.86. The molecule has 6 heteroatoms. The van der Waals surface area contributed by atoms with Crippen LogP contribution in [0.4, 0.5) is 4.79 Å². The van der Waals surface area contributed by atoms with E-state index in [1.54, 1.807) is 16.2 Å². The SMILES string of the molecule is CN(C(=O)NCC(=O)N1CCc2sccc2C1)C1CCCCC1. The second kappa shape index (κ2) is 7.34. The Bertz CT molecular complexity index is 566. The lowest BCUT2D eigenvalue weighted by molar-refractivity contribution is -0.131. The van der Waals surface area contributed by atoms with Gasteiger partial charge in [-0.3, -0.25) is 4.79 Å². The van der Waals surface area contributed by atoms with E-state index in [-0.39, 0.29) is 18.5 Å². The Labute approximate surface area is 141 Å². The van der Waals surface area contributed by atoms with E-state index in [9.17, 15) is 9.59 Å². The number of nitrogens with one attached hydrogen (secondary N) is 1. The molecule has 0 saturated heterocycles. The van der Waals surface area contributed by atoms with Crippen molar-refractivity contribution in [1.82, 2.24) is 15.1 Å². The van der Waals surface area contributed by atoms with Crippen LogP contribution in [-0.2, 0) is 17.8 Å². The minimum atomic E-state index is -0.126. The Balaban J connectivity index is 1.46. The van der Waals surface area contributed by atoms with Crippen molar-refractivity contribution in [3.63, 3.8) is 0 Å². The molecule has 0 unspecified atom stereocenters. The number of rotatable bonds is 3. The maximum Gasteiger partial charge on any atom is 0.317 e. The summed E-state index contributed by atoms with van der Waals surface area (Å²) in [4.78, 5) is 29.6. The second-order valence-corrected chi connectivity index (χ2v) is 7.50. The van der Waals surface area contributed by atoms with Gasteiger partial charge in [0.2, 0.25) is 5.91 Å². The van der Waals surface area contributed by atoms with Gasteiger partial charge in [-0.15, -0.1) is 11.3 Å². The van der Waals surface area contributed by atoms with Gasteiger partial charge in [-0.2, -0.15) is 0 Å². The summed E-state index contributed by atoms with van der Waals surface area (Å²) in [5.41, 5.74) is 1.25. The predicted octanol–water partition coefficient (Wildman–Crippen LogP) is 2.61. The molecule has 1 saturated carbocycles. The van der Waals surface area contributed by atoms with Gasteiger partial charge in [0.25, 0.3) is 0 Å². The van der Waals surface area contributed by atoms with Gasteiger partial charge in [-0.25, -0.2) is 4.79 Å². The predicted molar refractivity (Wildman–Crippen MR) is 91.5 cm³/mol. The van der Waals surface area contributed by atoms with E-state index in [0.717, 1.165) is 25.8 Å². The lowest BCUT2D eigenvalue weighted by atomic mass is 9.95. The van der Waals surface area contributed by atoms with Crippen LogP contribution in [0.25, 0.3) is 0 Å². The molecule has 3 amide bonds. The molecule has 1 aromatic heterocycles. The van der Waals surface area contributed by atoms with Crippen molar-refractivity contribution in [3.05, 3.63) is 21.9 Å². The van der Waals surface area contributed by atoms with Crippen molar-refractivity contribution < 1.29 is 9.59 Å². The van der Waals surface area contributed by atoms with E-state index < -0.39 is 0 Å². The zero-order valence-electron chi connectivity index (χ0n) is 13.7. The van der Waals surface area contributed by atoms with E-state index in [0.29, 0.717) is 12.6 Å². The molecule has 0 bridgehead atoms. The van der Waals surface area contributed by atoms with Crippen LogP contribution in [-0.4, -0.2) is 47.9 Å². The molecule has 126 valence electrons. The Morgan fingerprint density at radius 3 is 2.91 bits per heavy atom. The third-order valence-corrected chi connectivity index (χ3v) is 6.02. The first-order chi connectivity index (χ1) is 11.1. The number of carbonyl (C=O) groups is 2. The van der Waals surface area contributed by atoms with Crippen LogP contribution < -0.4 is 5.32 Å². The molecule has 0 spiro atoms. The van der Waals surface area contributed by atoms with Gasteiger partial charge in [-0.1, -0.05) is 19.3 Å². The number of urea groups is 1. The van der Waals surface area contributed by atoms with Crippen LogP contribution in [0.2, 0.25) is 0 Å². The van der Waals surface area contributed by atoms with Gasteiger partial charge >= 0.3 is 6.03 Å². The van der Waals surface area contributed by atoms with Gasteiger partial charge < -0.3 is 15.1 Å². The first-order valence-corrected chi connectivity index (χ1v) is 9.37. The first-order valence-electron chi connectivity index (χ1n) is 8.49. The molecule has 0 atom stereocenters. The smallest absolute Gasteiger partial charge is 0.317 e. The molecular weight excluding hydrogens is 310 g/mol. The molecule has 1 fully saturated rings. The van der Waals surface area contributed by atoms with Crippen molar-refractivity contribution in [1.29, 1.82) is 0 Å². The number of amides is 3. The highest BCUT2D eigenvalue weighted by Crippen LogP contribution is 2.24. The van der Waals surface area contributed by atoms with Crippen molar-refractivity contribution in [2.75, 3.05) is 20.1 Å². The summed E-state index contributed by atoms with van der Waals surface area (Å²) in [6.07, 6.45) is 6.73. The normalized spacial score (nSPS) is 18.4. The molecule has 5 nitrogen and oxygen atoms in total. The highest BCUT2D eigenvalue weighted by atomic mass is 32.1. The largest absolute Gasteiger partial charge is 0.336 e. The van der Waals surface area contributed by atoms with Gasteiger partial charge in [0.05, 0.1) is 6.54 Å². The molecule has 1 aliphatic carbocycles. The number of nitrogens with zero attached hydrogens (tertiary/aromatic N) is 2. The summed E-state index contributed by atoms with van der Waals surface area (Å²) in [6.45, 7) is 1.52. The molecule has 1 aromatic rings. The van der Waals surface area contributed by atoms with E-state index in [1.165, 1.54) is 29.7 Å². The van der Waals surface area contributed by atoms with Gasteiger partial charge in [0.1, 0.15) is 0 Å². The summed E-state index contributed by atoms with van der Waals surface area (Å²) >= 11 is 1.76. The molecule has 23 heavy (non-hydrogen) atoms. The molecule has 3 rings (SSSR count). The van der Waals surface area contributed by atoms with Crippen LogP contribution in [0.5, 0.6) is 0 Å². The molecule has 0 radical (unpaired) electrons. The van der Waals surface area contributed by atoms with E-state index in [4.69, 9.17) is 0 Å². The molecule has 1 aliphatic heterocycles. The van der Waals surface area contributed by atoms with Crippen molar-refractivity contribution >= 4 is 23.3 Å². The summed E-state index contributed by atoms with van der Waals surface area (Å²) < 4.78 is 0. The van der Waals surface area contributed by atoms with Crippen molar-refractivity contribution in [2.45, 2.75) is 51.1 Å². The molecule has 1 N–H and O–H groups in total. The van der Waals surface area contributed by atoms with Crippen LogP contribution in [0.15, 0.2) is 11.4 Å².